The van der Waals surface area contributed by atoms with Crippen molar-refractivity contribution in [3.05, 3.63) is 71.2 Å². The number of rotatable bonds is 5. The average Bonchev–Trinajstić information content (AvgIpc) is 3.08. The first-order valence-electron chi connectivity index (χ1n) is 10.2. The van der Waals surface area contributed by atoms with Gasteiger partial charge in [-0.2, -0.15) is 0 Å². The second-order valence-electron chi connectivity index (χ2n) is 8.82. The van der Waals surface area contributed by atoms with Gasteiger partial charge in [-0.25, -0.2) is 4.98 Å². The van der Waals surface area contributed by atoms with Gasteiger partial charge < -0.3 is 14.0 Å². The number of benzene rings is 1. The molecule has 2 aromatic heterocycles. The predicted molar refractivity (Wildman–Crippen MR) is 122 cm³/mol. The van der Waals surface area contributed by atoms with Crippen LogP contribution < -0.4 is 4.74 Å². The molecule has 31 heavy (non-hydrogen) atoms. The Hall–Kier alpha value is -3.41. The molecule has 162 valence electrons. The molecule has 3 aromatic rings. The lowest BCUT2D eigenvalue weighted by molar-refractivity contribution is -0.142. The lowest BCUT2D eigenvalue weighted by Gasteiger charge is -2.21. The molecule has 0 atom stereocenters. The number of pyridine rings is 1. The van der Waals surface area contributed by atoms with Crippen molar-refractivity contribution in [3.63, 3.8) is 0 Å². The van der Waals surface area contributed by atoms with Gasteiger partial charge in [-0.15, -0.1) is 0 Å². The number of hydrogen-bond donors (Lipinski definition) is 0. The SMILES string of the molecule is Cc1cn2cc(C(=O)N(C)C)c(C/C=C/c3ccccc3)c(OC(=O)C(C)(C)C)c2n1. The third kappa shape index (κ3) is 5.02. The van der Waals surface area contributed by atoms with E-state index in [0.29, 0.717) is 28.9 Å². The number of esters is 1. The van der Waals surface area contributed by atoms with Crippen LogP contribution in [0, 0.1) is 12.3 Å². The van der Waals surface area contributed by atoms with Gasteiger partial charge in [0.25, 0.3) is 5.91 Å². The number of fused-ring (bicyclic) bond motifs is 1. The maximum Gasteiger partial charge on any atom is 0.316 e. The third-order valence-electron chi connectivity index (χ3n) is 4.80. The quantitative estimate of drug-likeness (QED) is 0.569. The van der Waals surface area contributed by atoms with E-state index in [1.165, 1.54) is 4.90 Å². The van der Waals surface area contributed by atoms with Crippen LogP contribution in [0.5, 0.6) is 5.75 Å². The van der Waals surface area contributed by atoms with Crippen molar-refractivity contribution in [3.8, 4) is 5.75 Å². The van der Waals surface area contributed by atoms with Gasteiger partial charge in [0.05, 0.1) is 16.7 Å². The van der Waals surface area contributed by atoms with Crippen molar-refractivity contribution in [2.45, 2.75) is 34.1 Å². The van der Waals surface area contributed by atoms with E-state index in [2.05, 4.69) is 4.98 Å². The minimum absolute atomic E-state index is 0.163. The van der Waals surface area contributed by atoms with Crippen molar-refractivity contribution < 1.29 is 14.3 Å². The van der Waals surface area contributed by atoms with Crippen LogP contribution >= 0.6 is 0 Å². The molecule has 3 rings (SSSR count). The Bertz CT molecular complexity index is 1140. The van der Waals surface area contributed by atoms with E-state index >= 15 is 0 Å². The first-order chi connectivity index (χ1) is 14.6. The van der Waals surface area contributed by atoms with E-state index in [9.17, 15) is 9.59 Å². The van der Waals surface area contributed by atoms with Crippen LogP contribution in [0.1, 0.15) is 48.0 Å². The highest BCUT2D eigenvalue weighted by Crippen LogP contribution is 2.32. The Balaban J connectivity index is 2.17. The van der Waals surface area contributed by atoms with Gasteiger partial charge in [0.2, 0.25) is 0 Å². The van der Waals surface area contributed by atoms with E-state index in [1.54, 1.807) is 45.5 Å². The van der Waals surface area contributed by atoms with Crippen molar-refractivity contribution in [2.24, 2.45) is 5.41 Å². The lowest BCUT2D eigenvalue weighted by Crippen LogP contribution is -2.28. The summed E-state index contributed by atoms with van der Waals surface area (Å²) < 4.78 is 7.63. The summed E-state index contributed by atoms with van der Waals surface area (Å²) in [5, 5.41) is 0. The van der Waals surface area contributed by atoms with E-state index in [0.717, 1.165) is 11.3 Å². The Labute approximate surface area is 183 Å². The van der Waals surface area contributed by atoms with Gasteiger partial charge in [0.15, 0.2) is 11.4 Å². The molecular weight excluding hydrogens is 390 g/mol. The van der Waals surface area contributed by atoms with Crippen LogP contribution in [0.15, 0.2) is 48.8 Å². The number of aryl methyl sites for hydroxylation is 1. The van der Waals surface area contributed by atoms with Crippen molar-refractivity contribution in [1.29, 1.82) is 0 Å². The number of ether oxygens (including phenoxy) is 1. The minimum atomic E-state index is -0.697. The highest BCUT2D eigenvalue weighted by atomic mass is 16.5. The maximum absolute atomic E-state index is 13.0. The summed E-state index contributed by atoms with van der Waals surface area (Å²) in [6.45, 7) is 7.26. The molecule has 0 fully saturated rings. The average molecular weight is 420 g/mol. The number of carbonyl (C=O) groups is 2. The van der Waals surface area contributed by atoms with Crippen LogP contribution in [0.4, 0.5) is 0 Å². The molecule has 0 radical (unpaired) electrons. The number of aromatic nitrogens is 2. The largest absolute Gasteiger partial charge is 0.422 e. The summed E-state index contributed by atoms with van der Waals surface area (Å²) in [7, 11) is 3.41. The highest BCUT2D eigenvalue weighted by molar-refractivity contribution is 5.97. The number of hydrogen-bond acceptors (Lipinski definition) is 4. The molecule has 1 amide bonds. The van der Waals surface area contributed by atoms with Gasteiger partial charge >= 0.3 is 5.97 Å². The van der Waals surface area contributed by atoms with E-state index in [4.69, 9.17) is 4.74 Å². The second kappa shape index (κ2) is 8.76. The van der Waals surface area contributed by atoms with Crippen LogP contribution in [-0.2, 0) is 11.2 Å². The zero-order chi connectivity index (χ0) is 22.8. The first kappa shape index (κ1) is 22.3. The van der Waals surface area contributed by atoms with E-state index < -0.39 is 5.41 Å². The van der Waals surface area contributed by atoms with Crippen molar-refractivity contribution >= 4 is 23.6 Å². The smallest absolute Gasteiger partial charge is 0.316 e. The molecule has 0 aliphatic rings. The molecule has 2 heterocycles. The van der Waals surface area contributed by atoms with E-state index in [-0.39, 0.29) is 11.9 Å². The molecule has 1 aromatic carbocycles. The first-order valence-corrected chi connectivity index (χ1v) is 10.2. The maximum atomic E-state index is 13.0. The summed E-state index contributed by atoms with van der Waals surface area (Å²) in [6.07, 6.45) is 7.95. The molecule has 0 spiro atoms. The summed E-state index contributed by atoms with van der Waals surface area (Å²) in [5.74, 6) is -0.208. The summed E-state index contributed by atoms with van der Waals surface area (Å²) >= 11 is 0. The number of carbonyl (C=O) groups excluding carboxylic acids is 2. The fraction of sp³-hybridized carbons (Fsp3) is 0.320. The van der Waals surface area contributed by atoms with Gasteiger partial charge in [-0.05, 0) is 39.7 Å². The predicted octanol–water partition coefficient (Wildman–Crippen LogP) is 4.55. The molecule has 0 aliphatic heterocycles. The van der Waals surface area contributed by atoms with Crippen LogP contribution in [0.2, 0.25) is 0 Å². The zero-order valence-electron chi connectivity index (χ0n) is 19.0. The summed E-state index contributed by atoms with van der Waals surface area (Å²) in [5.41, 5.74) is 2.76. The molecule has 6 nitrogen and oxygen atoms in total. The number of imidazole rings is 1. The van der Waals surface area contributed by atoms with Crippen molar-refractivity contribution in [2.75, 3.05) is 14.1 Å². The molecule has 0 N–H and O–H groups in total. The molecular formula is C25H29N3O3. The second-order valence-corrected chi connectivity index (χ2v) is 8.82. The molecule has 0 unspecified atom stereocenters. The molecule has 0 saturated heterocycles. The standard InChI is InChI=1S/C25H29N3O3/c1-17-15-28-16-20(23(29)27(5)6)19(14-10-13-18-11-8-7-9-12-18)21(22(28)26-17)31-24(30)25(2,3)4/h7-13,15-16H,14H2,1-6H3/b13-10+. The Morgan fingerprint density at radius 1 is 1.13 bits per heavy atom. The number of nitrogens with zero attached hydrogens (tertiary/aromatic N) is 3. The Morgan fingerprint density at radius 3 is 2.42 bits per heavy atom. The van der Waals surface area contributed by atoms with Gasteiger partial charge in [0, 0.05) is 32.1 Å². The van der Waals surface area contributed by atoms with Gasteiger partial charge in [-0.3, -0.25) is 9.59 Å². The zero-order valence-corrected chi connectivity index (χ0v) is 19.0. The fourth-order valence-corrected chi connectivity index (χ4v) is 3.11. The van der Waals surface area contributed by atoms with Crippen LogP contribution in [0.3, 0.4) is 0 Å². The molecule has 6 heteroatoms. The highest BCUT2D eigenvalue weighted by Gasteiger charge is 2.28. The number of amides is 1. The lowest BCUT2D eigenvalue weighted by atomic mass is 9.97. The van der Waals surface area contributed by atoms with Gasteiger partial charge in [0.1, 0.15) is 0 Å². The number of allylic oxidation sites excluding steroid dienone is 1. The normalized spacial score (nSPS) is 11.8. The van der Waals surface area contributed by atoms with E-state index in [1.807, 2.05) is 55.6 Å². The monoisotopic (exact) mass is 419 g/mol. The topological polar surface area (TPSA) is 63.9 Å². The van der Waals surface area contributed by atoms with Crippen LogP contribution in [-0.4, -0.2) is 40.3 Å². The molecule has 0 saturated carbocycles. The summed E-state index contributed by atoms with van der Waals surface area (Å²) in [6, 6.07) is 9.91. The minimum Gasteiger partial charge on any atom is -0.422 e. The van der Waals surface area contributed by atoms with Crippen molar-refractivity contribution in [1.82, 2.24) is 14.3 Å². The Morgan fingerprint density at radius 2 is 1.81 bits per heavy atom. The molecule has 0 bridgehead atoms. The van der Waals surface area contributed by atoms with Gasteiger partial charge in [-0.1, -0.05) is 42.5 Å². The summed E-state index contributed by atoms with van der Waals surface area (Å²) in [4.78, 5) is 31.9. The third-order valence-corrected chi connectivity index (χ3v) is 4.80. The fourth-order valence-electron chi connectivity index (χ4n) is 3.11. The van der Waals surface area contributed by atoms with Crippen LogP contribution in [0.25, 0.3) is 11.7 Å². The Kier molecular flexibility index (Phi) is 6.29. The molecule has 0 aliphatic carbocycles.